The maximum absolute atomic E-state index is 9.44. The highest BCUT2D eigenvalue weighted by molar-refractivity contribution is 5.72. The molecule has 0 aromatic carbocycles. The summed E-state index contributed by atoms with van der Waals surface area (Å²) in [5.41, 5.74) is 0. The molecule has 10 heavy (non-hydrogen) atoms. The Labute approximate surface area is 62.0 Å². The Morgan fingerprint density at radius 2 is 1.90 bits per heavy atom. The number of ether oxygens (including phenoxy) is 1. The van der Waals surface area contributed by atoms with E-state index in [4.69, 9.17) is 9.84 Å². The highest BCUT2D eigenvalue weighted by atomic mass is 16.5. The van der Waals surface area contributed by atoms with Gasteiger partial charge in [0, 0.05) is 6.61 Å². The van der Waals surface area contributed by atoms with Crippen LogP contribution in [0.15, 0.2) is 0 Å². The van der Waals surface area contributed by atoms with Crippen LogP contribution in [0.4, 0.5) is 0 Å². The summed E-state index contributed by atoms with van der Waals surface area (Å²) in [6.45, 7) is 6.25. The van der Waals surface area contributed by atoms with Crippen LogP contribution in [0.25, 0.3) is 0 Å². The summed E-state index contributed by atoms with van der Waals surface area (Å²) >= 11 is 0. The standard InChI is InChI=1S/C4H10O2.C3H6O/c1-2-6-4-3-5;1-3(2)4/h5H,2-4H2,1H3;1-2H3. The maximum atomic E-state index is 9.44. The monoisotopic (exact) mass is 148 g/mol. The van der Waals surface area contributed by atoms with Crippen LogP contribution in [-0.2, 0) is 9.53 Å². The molecule has 0 bridgehead atoms. The molecular weight excluding hydrogens is 132 g/mol. The lowest BCUT2D eigenvalue weighted by atomic mass is 10.6. The van der Waals surface area contributed by atoms with Crippen LogP contribution < -0.4 is 0 Å². The van der Waals surface area contributed by atoms with Gasteiger partial charge in [0.1, 0.15) is 5.78 Å². The van der Waals surface area contributed by atoms with Gasteiger partial charge in [-0.25, -0.2) is 0 Å². The molecule has 0 aliphatic carbocycles. The Hall–Kier alpha value is -0.410. The zero-order valence-electron chi connectivity index (χ0n) is 6.89. The van der Waals surface area contributed by atoms with Crippen molar-refractivity contribution in [3.05, 3.63) is 0 Å². The number of aliphatic hydroxyl groups excluding tert-OH is 1. The molecule has 0 radical (unpaired) electrons. The number of ketones is 1. The van der Waals surface area contributed by atoms with Crippen molar-refractivity contribution >= 4 is 5.78 Å². The molecule has 0 unspecified atom stereocenters. The number of rotatable bonds is 3. The highest BCUT2D eigenvalue weighted by Gasteiger charge is 1.73. The van der Waals surface area contributed by atoms with Gasteiger partial charge in [-0.2, -0.15) is 0 Å². The topological polar surface area (TPSA) is 46.5 Å². The van der Waals surface area contributed by atoms with E-state index < -0.39 is 0 Å². The lowest BCUT2D eigenvalue weighted by Crippen LogP contribution is -1.96. The zero-order valence-corrected chi connectivity index (χ0v) is 6.89. The van der Waals surface area contributed by atoms with Crippen molar-refractivity contribution in [2.45, 2.75) is 20.8 Å². The molecule has 3 heteroatoms. The minimum atomic E-state index is 0.133. The molecule has 0 aromatic rings. The van der Waals surface area contributed by atoms with E-state index in [0.717, 1.165) is 0 Å². The second kappa shape index (κ2) is 11.4. The molecule has 0 saturated heterocycles. The first-order valence-corrected chi connectivity index (χ1v) is 3.30. The third-order valence-corrected chi connectivity index (χ3v) is 0.440. The van der Waals surface area contributed by atoms with Gasteiger partial charge in [-0.15, -0.1) is 0 Å². The van der Waals surface area contributed by atoms with E-state index in [9.17, 15) is 4.79 Å². The third-order valence-electron chi connectivity index (χ3n) is 0.440. The van der Waals surface area contributed by atoms with Crippen LogP contribution in [-0.4, -0.2) is 30.7 Å². The molecule has 0 aromatic heterocycles. The Kier molecular flexibility index (Phi) is 14.0. The van der Waals surface area contributed by atoms with Gasteiger partial charge in [0.25, 0.3) is 0 Å². The van der Waals surface area contributed by atoms with Crippen LogP contribution in [0.2, 0.25) is 0 Å². The second-order valence-corrected chi connectivity index (χ2v) is 1.83. The van der Waals surface area contributed by atoms with Gasteiger partial charge >= 0.3 is 0 Å². The Balaban J connectivity index is 0. The van der Waals surface area contributed by atoms with E-state index in [-0.39, 0.29) is 12.4 Å². The quantitative estimate of drug-likeness (QED) is 0.596. The SMILES string of the molecule is CC(C)=O.CCOCCO. The molecule has 3 nitrogen and oxygen atoms in total. The molecule has 0 aliphatic heterocycles. The summed E-state index contributed by atoms with van der Waals surface area (Å²) in [6, 6.07) is 0. The van der Waals surface area contributed by atoms with Crippen molar-refractivity contribution in [3.8, 4) is 0 Å². The minimum absolute atomic E-state index is 0.133. The largest absolute Gasteiger partial charge is 0.394 e. The van der Waals surface area contributed by atoms with Crippen LogP contribution in [0.1, 0.15) is 20.8 Å². The van der Waals surface area contributed by atoms with Crippen LogP contribution in [0.3, 0.4) is 0 Å². The number of aliphatic hydroxyl groups is 1. The van der Waals surface area contributed by atoms with Crippen molar-refractivity contribution in [3.63, 3.8) is 0 Å². The third kappa shape index (κ3) is 49.1. The maximum Gasteiger partial charge on any atom is 0.126 e. The molecule has 0 aliphatic rings. The number of carbonyl (C=O) groups is 1. The summed E-state index contributed by atoms with van der Waals surface area (Å²) in [7, 11) is 0. The van der Waals surface area contributed by atoms with E-state index in [0.29, 0.717) is 13.2 Å². The van der Waals surface area contributed by atoms with Gasteiger partial charge in [-0.3, -0.25) is 0 Å². The van der Waals surface area contributed by atoms with E-state index >= 15 is 0 Å². The lowest BCUT2D eigenvalue weighted by molar-refractivity contribution is -0.114. The number of Topliss-reactive ketones (excluding diaryl/α,β-unsaturated/α-hetero) is 1. The van der Waals surface area contributed by atoms with Crippen molar-refractivity contribution < 1.29 is 14.6 Å². The summed E-state index contributed by atoms with van der Waals surface area (Å²) in [5.74, 6) is 0.167. The molecular formula is C7H16O3. The smallest absolute Gasteiger partial charge is 0.126 e. The van der Waals surface area contributed by atoms with Gasteiger partial charge in [-0.05, 0) is 20.8 Å². The first-order chi connectivity index (χ1) is 4.65. The van der Waals surface area contributed by atoms with Crippen molar-refractivity contribution in [2.24, 2.45) is 0 Å². The number of hydrogen-bond donors (Lipinski definition) is 1. The average Bonchev–Trinajstić information content (AvgIpc) is 1.82. The number of hydrogen-bond acceptors (Lipinski definition) is 3. The van der Waals surface area contributed by atoms with Gasteiger partial charge in [0.05, 0.1) is 13.2 Å². The predicted molar refractivity (Wildman–Crippen MR) is 39.9 cm³/mol. The van der Waals surface area contributed by atoms with Gasteiger partial charge in [0.15, 0.2) is 0 Å². The fraction of sp³-hybridized carbons (Fsp3) is 0.857. The van der Waals surface area contributed by atoms with Crippen LogP contribution in [0, 0.1) is 0 Å². The first kappa shape index (κ1) is 12.3. The van der Waals surface area contributed by atoms with Gasteiger partial charge in [0.2, 0.25) is 0 Å². The molecule has 0 heterocycles. The molecule has 0 saturated carbocycles. The van der Waals surface area contributed by atoms with Gasteiger partial charge in [-0.1, -0.05) is 0 Å². The molecule has 0 spiro atoms. The van der Waals surface area contributed by atoms with Crippen molar-refractivity contribution in [1.29, 1.82) is 0 Å². The zero-order chi connectivity index (χ0) is 8.41. The molecule has 0 fully saturated rings. The van der Waals surface area contributed by atoms with E-state index in [1.54, 1.807) is 0 Å². The average molecular weight is 148 g/mol. The van der Waals surface area contributed by atoms with E-state index in [1.165, 1.54) is 13.8 Å². The minimum Gasteiger partial charge on any atom is -0.394 e. The lowest BCUT2D eigenvalue weighted by Gasteiger charge is -1.91. The fourth-order valence-corrected chi connectivity index (χ4v) is 0.209. The van der Waals surface area contributed by atoms with Crippen molar-refractivity contribution in [1.82, 2.24) is 0 Å². The van der Waals surface area contributed by atoms with Crippen molar-refractivity contribution in [2.75, 3.05) is 19.8 Å². The van der Waals surface area contributed by atoms with Crippen LogP contribution in [0.5, 0.6) is 0 Å². The Morgan fingerprint density at radius 1 is 1.50 bits per heavy atom. The van der Waals surface area contributed by atoms with E-state index in [2.05, 4.69) is 0 Å². The Morgan fingerprint density at radius 3 is 2.00 bits per heavy atom. The fourth-order valence-electron chi connectivity index (χ4n) is 0.209. The molecule has 1 N–H and O–H groups in total. The predicted octanol–water partition coefficient (Wildman–Crippen LogP) is 0.611. The molecule has 0 amide bonds. The van der Waals surface area contributed by atoms with E-state index in [1.807, 2.05) is 6.92 Å². The molecule has 0 atom stereocenters. The summed E-state index contributed by atoms with van der Waals surface area (Å²) in [6.07, 6.45) is 0. The summed E-state index contributed by atoms with van der Waals surface area (Å²) in [5, 5.41) is 8.07. The van der Waals surface area contributed by atoms with Gasteiger partial charge < -0.3 is 14.6 Å². The number of carbonyl (C=O) groups excluding carboxylic acids is 1. The molecule has 62 valence electrons. The van der Waals surface area contributed by atoms with Crippen LogP contribution >= 0.6 is 0 Å². The summed E-state index contributed by atoms with van der Waals surface area (Å²) < 4.78 is 4.73. The second-order valence-electron chi connectivity index (χ2n) is 1.83. The Bertz CT molecular complexity index is 63.3. The highest BCUT2D eigenvalue weighted by Crippen LogP contribution is 1.66. The normalized spacial score (nSPS) is 8.00. The molecule has 0 rings (SSSR count). The first-order valence-electron chi connectivity index (χ1n) is 3.30. The summed E-state index contributed by atoms with van der Waals surface area (Å²) in [4.78, 5) is 9.44.